The summed E-state index contributed by atoms with van der Waals surface area (Å²) < 4.78 is 5.11. The Hall–Kier alpha value is -6.74. The van der Waals surface area contributed by atoms with Gasteiger partial charge in [-0.2, -0.15) is 0 Å². The first-order valence-electron chi connectivity index (χ1n) is 19.0. The summed E-state index contributed by atoms with van der Waals surface area (Å²) in [6.07, 6.45) is 0. The second-order valence-electron chi connectivity index (χ2n) is 14.8. The minimum atomic E-state index is 0.166. The lowest BCUT2D eigenvalue weighted by Crippen LogP contribution is -1.99. The Bertz CT molecular complexity index is 3330. The fourth-order valence-corrected chi connectivity index (χ4v) is 10.5. The summed E-state index contributed by atoms with van der Waals surface area (Å²) in [7, 11) is 0. The van der Waals surface area contributed by atoms with E-state index >= 15 is 0 Å². The molecule has 0 saturated carbocycles. The van der Waals surface area contributed by atoms with Gasteiger partial charge in [0.2, 0.25) is 0 Å². The summed E-state index contributed by atoms with van der Waals surface area (Å²) in [5, 5.41) is 7.82. The van der Waals surface area contributed by atoms with Gasteiger partial charge in [-0.3, -0.25) is 0 Å². The van der Waals surface area contributed by atoms with Crippen molar-refractivity contribution in [2.45, 2.75) is 5.92 Å². The van der Waals surface area contributed by atoms with Crippen molar-refractivity contribution >= 4 is 64.1 Å². The minimum absolute atomic E-state index is 0.166. The molecule has 2 aromatic heterocycles. The number of rotatable bonds is 4. The summed E-state index contributed by atoms with van der Waals surface area (Å²) in [6.45, 7) is 0. The van der Waals surface area contributed by atoms with Crippen LogP contribution in [-0.2, 0) is 0 Å². The van der Waals surface area contributed by atoms with E-state index in [1.54, 1.807) is 0 Å². The first-order chi connectivity index (χ1) is 27.3. The third-order valence-corrected chi connectivity index (χ3v) is 13.0. The molecule has 55 heavy (non-hydrogen) atoms. The molecule has 0 N–H and O–H groups in total. The maximum atomic E-state index is 2.48. The highest BCUT2D eigenvalue weighted by atomic mass is 32.1. The second-order valence-corrected chi connectivity index (χ2v) is 15.9. The first-order valence-corrected chi connectivity index (χ1v) is 19.9. The molecule has 0 aliphatic heterocycles. The molecule has 0 radical (unpaired) electrons. The second kappa shape index (κ2) is 11.9. The van der Waals surface area contributed by atoms with Crippen molar-refractivity contribution in [1.29, 1.82) is 0 Å². The predicted molar refractivity (Wildman–Crippen MR) is 235 cm³/mol. The zero-order chi connectivity index (χ0) is 36.0. The Morgan fingerprint density at radius 2 is 1.11 bits per heavy atom. The van der Waals surface area contributed by atoms with Crippen molar-refractivity contribution in [3.8, 4) is 39.1 Å². The molecule has 9 aromatic carbocycles. The largest absolute Gasteiger partial charge is 0.309 e. The Labute approximate surface area is 323 Å². The van der Waals surface area contributed by atoms with E-state index < -0.39 is 0 Å². The van der Waals surface area contributed by atoms with Crippen LogP contribution >= 0.6 is 11.3 Å². The van der Waals surface area contributed by atoms with E-state index in [2.05, 4.69) is 199 Å². The molecule has 1 atom stereocenters. The van der Waals surface area contributed by atoms with E-state index in [-0.39, 0.29) is 5.92 Å². The number of benzene rings is 9. The highest BCUT2D eigenvalue weighted by Gasteiger charge is 2.33. The van der Waals surface area contributed by atoms with E-state index in [0.29, 0.717) is 0 Å². The number of fused-ring (bicyclic) bond motifs is 11. The van der Waals surface area contributed by atoms with Crippen LogP contribution in [0.4, 0.5) is 0 Å². The van der Waals surface area contributed by atoms with Gasteiger partial charge in [0.25, 0.3) is 0 Å². The number of hydrogen-bond acceptors (Lipinski definition) is 1. The number of nitrogens with zero attached hydrogens (tertiary/aromatic N) is 1. The Morgan fingerprint density at radius 3 is 2.04 bits per heavy atom. The third kappa shape index (κ3) is 4.65. The Morgan fingerprint density at radius 1 is 0.400 bits per heavy atom. The maximum Gasteiger partial charge on any atom is 0.0541 e. The first kappa shape index (κ1) is 30.7. The molecule has 2 heterocycles. The van der Waals surface area contributed by atoms with E-state index in [9.17, 15) is 0 Å². The monoisotopic (exact) mass is 715 g/mol. The Kier molecular flexibility index (Phi) is 6.63. The molecule has 1 aliphatic carbocycles. The smallest absolute Gasteiger partial charge is 0.0541 e. The fourth-order valence-electron chi connectivity index (χ4n) is 9.37. The summed E-state index contributed by atoms with van der Waals surface area (Å²) in [5.74, 6) is 0.166. The van der Waals surface area contributed by atoms with Crippen LogP contribution in [0.2, 0.25) is 0 Å². The summed E-state index contributed by atoms with van der Waals surface area (Å²) >= 11 is 1.90. The van der Waals surface area contributed by atoms with Crippen LogP contribution in [0.15, 0.2) is 194 Å². The van der Waals surface area contributed by atoms with Crippen molar-refractivity contribution in [2.24, 2.45) is 0 Å². The number of hydrogen-bond donors (Lipinski definition) is 0. The molecule has 1 unspecified atom stereocenters. The lowest BCUT2D eigenvalue weighted by atomic mass is 9.87. The molecule has 0 saturated heterocycles. The zero-order valence-electron chi connectivity index (χ0n) is 29.9. The number of thiophene rings is 1. The topological polar surface area (TPSA) is 4.93 Å². The van der Waals surface area contributed by atoms with Gasteiger partial charge >= 0.3 is 0 Å². The van der Waals surface area contributed by atoms with Gasteiger partial charge in [0.1, 0.15) is 0 Å². The summed E-state index contributed by atoms with van der Waals surface area (Å²) in [6, 6.07) is 72.1. The molecule has 1 aliphatic rings. The van der Waals surface area contributed by atoms with Crippen LogP contribution in [-0.4, -0.2) is 4.57 Å². The lowest BCUT2D eigenvalue weighted by molar-refractivity contribution is 1.02. The average molecular weight is 716 g/mol. The van der Waals surface area contributed by atoms with Crippen molar-refractivity contribution in [2.75, 3.05) is 0 Å². The van der Waals surface area contributed by atoms with Crippen LogP contribution in [0.5, 0.6) is 0 Å². The third-order valence-electron chi connectivity index (χ3n) is 11.8. The molecule has 11 aromatic rings. The molecule has 1 nitrogen and oxygen atoms in total. The van der Waals surface area contributed by atoms with Gasteiger partial charge in [-0.1, -0.05) is 146 Å². The molecule has 0 fully saturated rings. The van der Waals surface area contributed by atoms with Crippen LogP contribution in [0.25, 0.3) is 91.8 Å². The van der Waals surface area contributed by atoms with Crippen LogP contribution in [0.3, 0.4) is 0 Å². The highest BCUT2D eigenvalue weighted by Crippen LogP contribution is 2.54. The molecule has 2 heteroatoms. The van der Waals surface area contributed by atoms with E-state index in [4.69, 9.17) is 0 Å². The molecular formula is C53H33NS. The van der Waals surface area contributed by atoms with Crippen LogP contribution in [0.1, 0.15) is 22.6 Å². The number of aromatic nitrogens is 1. The molecule has 256 valence electrons. The van der Waals surface area contributed by atoms with E-state index in [1.807, 2.05) is 11.3 Å². The minimum Gasteiger partial charge on any atom is -0.309 e. The lowest BCUT2D eigenvalue weighted by Gasteiger charge is -2.16. The van der Waals surface area contributed by atoms with Gasteiger partial charge in [0, 0.05) is 42.6 Å². The van der Waals surface area contributed by atoms with Crippen molar-refractivity contribution in [3.63, 3.8) is 0 Å². The van der Waals surface area contributed by atoms with Gasteiger partial charge in [0.05, 0.1) is 11.0 Å². The summed E-state index contributed by atoms with van der Waals surface area (Å²) in [4.78, 5) is 0. The quantitative estimate of drug-likeness (QED) is 0.171. The molecule has 12 rings (SSSR count). The Balaban J connectivity index is 1.05. The standard InChI is InChI=1S/C53H33NS/c1-2-11-33(12-3-1)36-15-10-16-40(30-36)54-47-19-8-6-17-41(47)45-31-38(24-27-48(45)54)37-23-25-42-46(32-37)52-44(26-28-50-53(52)43-18-7-9-20-49(43)55-50)51(42)39-22-21-34-13-4-5-14-35(34)29-39/h1-32,51H. The van der Waals surface area contributed by atoms with Gasteiger partial charge in [-0.15, -0.1) is 11.3 Å². The van der Waals surface area contributed by atoms with E-state index in [1.165, 1.54) is 109 Å². The van der Waals surface area contributed by atoms with Crippen molar-refractivity contribution in [1.82, 2.24) is 4.57 Å². The van der Waals surface area contributed by atoms with Crippen molar-refractivity contribution < 1.29 is 0 Å². The number of para-hydroxylation sites is 1. The normalized spacial score (nSPS) is 13.6. The van der Waals surface area contributed by atoms with Crippen LogP contribution in [0, 0.1) is 0 Å². The van der Waals surface area contributed by atoms with E-state index in [0.717, 1.165) is 0 Å². The average Bonchev–Trinajstić information content (AvgIpc) is 3.91. The van der Waals surface area contributed by atoms with Gasteiger partial charge < -0.3 is 4.57 Å². The molecule has 0 amide bonds. The fraction of sp³-hybridized carbons (Fsp3) is 0.0189. The molecule has 0 bridgehead atoms. The van der Waals surface area contributed by atoms with Crippen molar-refractivity contribution in [3.05, 3.63) is 211 Å². The maximum absolute atomic E-state index is 2.48. The summed E-state index contributed by atoms with van der Waals surface area (Å²) in [5.41, 5.74) is 15.4. The van der Waals surface area contributed by atoms with Gasteiger partial charge in [-0.25, -0.2) is 0 Å². The van der Waals surface area contributed by atoms with Crippen LogP contribution < -0.4 is 0 Å². The SMILES string of the molecule is c1ccc(-c2cccc(-n3c4ccccc4c4cc(-c5ccc6c(c5)-c5c(ccc7sc8ccccc8c57)C6c5ccc6ccccc6c5)ccc43)c2)cc1. The molecule has 0 spiro atoms. The predicted octanol–water partition coefficient (Wildman–Crippen LogP) is 14.8. The van der Waals surface area contributed by atoms with Gasteiger partial charge in [0.15, 0.2) is 0 Å². The zero-order valence-corrected chi connectivity index (χ0v) is 30.7. The molecular weight excluding hydrogens is 683 g/mol. The van der Waals surface area contributed by atoms with Gasteiger partial charge in [-0.05, 0) is 109 Å². The highest BCUT2D eigenvalue weighted by molar-refractivity contribution is 7.26.